The van der Waals surface area contributed by atoms with Gasteiger partial charge in [-0.3, -0.25) is 4.79 Å². The van der Waals surface area contributed by atoms with Crippen molar-refractivity contribution in [3.8, 4) is 0 Å². The molecule has 0 aliphatic heterocycles. The minimum Gasteiger partial charge on any atom is -0.365 e. The Morgan fingerprint density at radius 2 is 1.56 bits per heavy atom. The molecule has 16 heavy (non-hydrogen) atoms. The molecule has 0 aliphatic carbocycles. The Labute approximate surface area is 106 Å². The second kappa shape index (κ2) is 6.52. The molecule has 90 valence electrons. The summed E-state index contributed by atoms with van der Waals surface area (Å²) in [6.07, 6.45) is 0. The topological polar surface area (TPSA) is 77.2 Å². The van der Waals surface area contributed by atoms with Crippen LogP contribution in [-0.4, -0.2) is 14.3 Å². The molecule has 0 radical (unpaired) electrons. The summed E-state index contributed by atoms with van der Waals surface area (Å²) < 4.78 is 23.1. The summed E-state index contributed by atoms with van der Waals surface area (Å²) in [5.41, 5.74) is 4.84. The summed E-state index contributed by atoms with van der Waals surface area (Å²) in [6.45, 7) is 3.14. The van der Waals surface area contributed by atoms with Gasteiger partial charge in [-0.05, 0) is 12.1 Å². The third-order valence-electron chi connectivity index (χ3n) is 1.65. The first-order valence-electron chi connectivity index (χ1n) is 3.75. The molecule has 0 heterocycles. The van der Waals surface area contributed by atoms with Crippen LogP contribution in [0.25, 0.3) is 0 Å². The predicted molar refractivity (Wildman–Crippen MR) is 66.5 cm³/mol. The summed E-state index contributed by atoms with van der Waals surface area (Å²) in [5.74, 6) is -1.03. The van der Waals surface area contributed by atoms with Crippen LogP contribution in [0, 0.1) is 0 Å². The molecule has 1 amide bonds. The number of carbonyl (C=O) groups is 1. The molecule has 1 aromatic rings. The monoisotopic (exact) mass is 283 g/mol. The third kappa shape index (κ3) is 3.52. The summed E-state index contributed by atoms with van der Waals surface area (Å²) in [6, 6.07) is 7.54. The third-order valence-corrected chi connectivity index (χ3v) is 3.40. The molecule has 7 heteroatoms. The van der Waals surface area contributed by atoms with E-state index in [4.69, 9.17) is 5.73 Å². The molecule has 0 saturated carbocycles. The number of rotatable bonds is 3. The first-order chi connectivity index (χ1) is 6.46. The fraction of sp³-hybridized carbons (Fsp3) is 0. The maximum Gasteiger partial charge on any atom is 0.260 e. The number of halogens is 2. The van der Waals surface area contributed by atoms with Crippen molar-refractivity contribution >= 4 is 40.6 Å². The van der Waals surface area contributed by atoms with E-state index in [0.717, 1.165) is 0 Å². The van der Waals surface area contributed by atoms with Crippen LogP contribution >= 0.6 is 24.8 Å². The summed E-state index contributed by atoms with van der Waals surface area (Å²) in [4.78, 5) is 10.1. The quantitative estimate of drug-likeness (QED) is 0.850. The SMILES string of the molecule is C=C(C(N)=O)S(=O)(=O)c1ccccc1.Cl.Cl. The largest absolute Gasteiger partial charge is 0.365 e. The minimum atomic E-state index is -3.81. The Bertz CT molecular complexity index is 471. The molecule has 2 N–H and O–H groups in total. The van der Waals surface area contributed by atoms with E-state index in [1.165, 1.54) is 12.1 Å². The second-order valence-corrected chi connectivity index (χ2v) is 4.57. The first kappa shape index (κ1) is 17.4. The van der Waals surface area contributed by atoms with Gasteiger partial charge in [0.25, 0.3) is 5.91 Å². The number of carbonyl (C=O) groups excluding carboxylic acids is 1. The lowest BCUT2D eigenvalue weighted by Gasteiger charge is -2.03. The van der Waals surface area contributed by atoms with Crippen molar-refractivity contribution in [2.75, 3.05) is 0 Å². The van der Waals surface area contributed by atoms with E-state index >= 15 is 0 Å². The zero-order chi connectivity index (χ0) is 10.8. The lowest BCUT2D eigenvalue weighted by Crippen LogP contribution is -2.20. The van der Waals surface area contributed by atoms with E-state index in [1.54, 1.807) is 18.2 Å². The summed E-state index contributed by atoms with van der Waals surface area (Å²) in [5, 5.41) is 0. The lowest BCUT2D eigenvalue weighted by atomic mass is 10.4. The zero-order valence-corrected chi connectivity index (χ0v) is 10.6. The van der Waals surface area contributed by atoms with Gasteiger partial charge < -0.3 is 5.73 Å². The van der Waals surface area contributed by atoms with Gasteiger partial charge in [-0.25, -0.2) is 8.42 Å². The van der Waals surface area contributed by atoms with Gasteiger partial charge in [-0.1, -0.05) is 24.8 Å². The molecule has 0 unspecified atom stereocenters. The van der Waals surface area contributed by atoms with Crippen LogP contribution in [0.5, 0.6) is 0 Å². The van der Waals surface area contributed by atoms with Gasteiger partial charge in [0.15, 0.2) is 0 Å². The Morgan fingerprint density at radius 1 is 1.12 bits per heavy atom. The van der Waals surface area contributed by atoms with E-state index in [9.17, 15) is 13.2 Å². The van der Waals surface area contributed by atoms with Gasteiger partial charge in [0.2, 0.25) is 9.84 Å². The Balaban J connectivity index is 0. The Morgan fingerprint density at radius 3 is 1.94 bits per heavy atom. The molecular weight excluding hydrogens is 273 g/mol. The predicted octanol–water partition coefficient (Wildman–Crippen LogP) is 1.30. The fourth-order valence-electron chi connectivity index (χ4n) is 0.874. The molecule has 0 bridgehead atoms. The van der Waals surface area contributed by atoms with Crippen LogP contribution in [0.4, 0.5) is 0 Å². The molecule has 0 fully saturated rings. The standard InChI is InChI=1S/C9H9NO3S.2ClH/c1-7(9(10)11)14(12,13)8-5-3-2-4-6-8;;/h2-6H,1H2,(H2,10,11);2*1H. The van der Waals surface area contributed by atoms with E-state index in [1.807, 2.05) is 0 Å². The van der Waals surface area contributed by atoms with E-state index < -0.39 is 20.6 Å². The van der Waals surface area contributed by atoms with Crippen LogP contribution in [0.2, 0.25) is 0 Å². The van der Waals surface area contributed by atoms with Crippen LogP contribution in [0.1, 0.15) is 0 Å². The van der Waals surface area contributed by atoms with Crippen molar-refractivity contribution < 1.29 is 13.2 Å². The van der Waals surface area contributed by atoms with E-state index in [0.29, 0.717) is 0 Å². The average Bonchev–Trinajstić information content (AvgIpc) is 2.18. The molecule has 4 nitrogen and oxygen atoms in total. The normalized spacial score (nSPS) is 9.50. The van der Waals surface area contributed by atoms with Gasteiger partial charge in [-0.2, -0.15) is 0 Å². The Kier molecular flexibility index (Phi) is 7.08. The fourth-order valence-corrected chi connectivity index (χ4v) is 1.94. The highest BCUT2D eigenvalue weighted by atomic mass is 35.5. The van der Waals surface area contributed by atoms with Crippen molar-refractivity contribution in [3.05, 3.63) is 41.8 Å². The van der Waals surface area contributed by atoms with Gasteiger partial charge in [0.05, 0.1) is 4.90 Å². The first-order valence-corrected chi connectivity index (χ1v) is 5.23. The van der Waals surface area contributed by atoms with Crippen molar-refractivity contribution in [2.24, 2.45) is 5.73 Å². The number of benzene rings is 1. The van der Waals surface area contributed by atoms with Crippen LogP contribution in [0.3, 0.4) is 0 Å². The van der Waals surface area contributed by atoms with Crippen molar-refractivity contribution in [3.63, 3.8) is 0 Å². The maximum atomic E-state index is 11.6. The van der Waals surface area contributed by atoms with Crippen molar-refractivity contribution in [2.45, 2.75) is 4.90 Å². The molecule has 0 atom stereocenters. The molecule has 0 spiro atoms. The average molecular weight is 284 g/mol. The highest BCUT2D eigenvalue weighted by Gasteiger charge is 2.22. The number of hydrogen-bond acceptors (Lipinski definition) is 3. The molecule has 0 aliphatic rings. The smallest absolute Gasteiger partial charge is 0.260 e. The van der Waals surface area contributed by atoms with Crippen LogP contribution in [0.15, 0.2) is 46.7 Å². The number of amides is 1. The highest BCUT2D eigenvalue weighted by molar-refractivity contribution is 7.96. The van der Waals surface area contributed by atoms with Crippen LogP contribution < -0.4 is 5.73 Å². The van der Waals surface area contributed by atoms with Gasteiger partial charge in [0.1, 0.15) is 4.91 Å². The van der Waals surface area contributed by atoms with Gasteiger partial charge >= 0.3 is 0 Å². The molecule has 1 rings (SSSR count). The highest BCUT2D eigenvalue weighted by Crippen LogP contribution is 2.16. The molecule has 1 aromatic carbocycles. The lowest BCUT2D eigenvalue weighted by molar-refractivity contribution is -0.113. The number of nitrogens with two attached hydrogens (primary N) is 1. The van der Waals surface area contributed by atoms with Gasteiger partial charge in [0, 0.05) is 0 Å². The second-order valence-electron chi connectivity index (χ2n) is 2.60. The maximum absolute atomic E-state index is 11.6. The van der Waals surface area contributed by atoms with Crippen LogP contribution in [-0.2, 0) is 14.6 Å². The van der Waals surface area contributed by atoms with Crippen molar-refractivity contribution in [1.29, 1.82) is 0 Å². The zero-order valence-electron chi connectivity index (χ0n) is 8.12. The van der Waals surface area contributed by atoms with E-state index in [-0.39, 0.29) is 29.7 Å². The summed E-state index contributed by atoms with van der Waals surface area (Å²) >= 11 is 0. The van der Waals surface area contributed by atoms with E-state index in [2.05, 4.69) is 6.58 Å². The number of sulfone groups is 1. The van der Waals surface area contributed by atoms with Gasteiger partial charge in [-0.15, -0.1) is 24.8 Å². The molecule has 0 aromatic heterocycles. The van der Waals surface area contributed by atoms with Crippen molar-refractivity contribution in [1.82, 2.24) is 0 Å². The summed E-state index contributed by atoms with van der Waals surface area (Å²) in [7, 11) is -3.81. The minimum absolute atomic E-state index is 0. The number of hydrogen-bond donors (Lipinski definition) is 1. The molecular formula is C9H11Cl2NO3S. The number of primary amides is 1. The molecule has 0 saturated heterocycles. The Hall–Kier alpha value is -1.04.